The van der Waals surface area contributed by atoms with Crippen molar-refractivity contribution in [1.29, 1.82) is 0 Å². The van der Waals surface area contributed by atoms with Gasteiger partial charge in [-0.25, -0.2) is 0 Å². The number of hydrogen-bond acceptors (Lipinski definition) is 2. The van der Waals surface area contributed by atoms with Gasteiger partial charge in [0.1, 0.15) is 6.61 Å². The SMILES string of the molecule is Cc1ccc(-c2ccccc2)c(C)c1COC(=O)C1C(C=C(F)F)C1(C)C. The molecule has 0 heterocycles. The molecule has 0 N–H and O–H groups in total. The molecule has 0 aromatic heterocycles. The van der Waals surface area contributed by atoms with Gasteiger partial charge >= 0.3 is 5.97 Å². The molecule has 2 atom stereocenters. The minimum Gasteiger partial charge on any atom is -0.461 e. The molecule has 27 heavy (non-hydrogen) atoms. The van der Waals surface area contributed by atoms with Gasteiger partial charge in [0.2, 0.25) is 0 Å². The van der Waals surface area contributed by atoms with Crippen LogP contribution in [0.1, 0.15) is 30.5 Å². The van der Waals surface area contributed by atoms with E-state index < -0.39 is 29.3 Å². The standard InChI is InChI=1S/C23H24F2O2/c1-14-10-11-17(16-8-6-5-7-9-16)15(2)18(14)13-27-22(26)21-19(12-20(24)25)23(21,3)4/h5-12,19,21H,13H2,1-4H3. The van der Waals surface area contributed by atoms with E-state index in [2.05, 4.69) is 6.07 Å². The second-order valence-electron chi connectivity index (χ2n) is 7.79. The summed E-state index contributed by atoms with van der Waals surface area (Å²) in [6, 6.07) is 14.1. The third-order valence-electron chi connectivity index (χ3n) is 5.75. The van der Waals surface area contributed by atoms with Crippen LogP contribution in [-0.2, 0) is 16.1 Å². The normalized spacial score (nSPS) is 20.1. The van der Waals surface area contributed by atoms with E-state index in [9.17, 15) is 13.6 Å². The van der Waals surface area contributed by atoms with Crippen LogP contribution < -0.4 is 0 Å². The predicted molar refractivity (Wildman–Crippen MR) is 102 cm³/mol. The van der Waals surface area contributed by atoms with E-state index in [-0.39, 0.29) is 6.61 Å². The Hall–Kier alpha value is -2.49. The van der Waals surface area contributed by atoms with Gasteiger partial charge in [-0.3, -0.25) is 4.79 Å². The summed E-state index contributed by atoms with van der Waals surface area (Å²) >= 11 is 0. The molecule has 0 spiro atoms. The number of carbonyl (C=O) groups is 1. The summed E-state index contributed by atoms with van der Waals surface area (Å²) in [5, 5.41) is 0. The van der Waals surface area contributed by atoms with Crippen molar-refractivity contribution >= 4 is 5.97 Å². The van der Waals surface area contributed by atoms with Gasteiger partial charge in [0.25, 0.3) is 6.08 Å². The van der Waals surface area contributed by atoms with Crippen LogP contribution in [0.25, 0.3) is 11.1 Å². The van der Waals surface area contributed by atoms with E-state index in [1.807, 2.05) is 64.1 Å². The number of hydrogen-bond donors (Lipinski definition) is 0. The smallest absolute Gasteiger partial charge is 0.310 e. The lowest BCUT2D eigenvalue weighted by molar-refractivity contribution is -0.147. The Morgan fingerprint density at radius 3 is 2.41 bits per heavy atom. The molecule has 4 heteroatoms. The molecular formula is C23H24F2O2. The van der Waals surface area contributed by atoms with Gasteiger partial charge in [-0.1, -0.05) is 56.3 Å². The van der Waals surface area contributed by atoms with Gasteiger partial charge in [-0.15, -0.1) is 0 Å². The van der Waals surface area contributed by atoms with Crippen LogP contribution in [0.2, 0.25) is 0 Å². The lowest BCUT2D eigenvalue weighted by Crippen LogP contribution is -2.12. The Balaban J connectivity index is 1.77. The number of rotatable bonds is 5. The fourth-order valence-electron chi connectivity index (χ4n) is 3.85. The first-order valence-electron chi connectivity index (χ1n) is 9.07. The summed E-state index contributed by atoms with van der Waals surface area (Å²) in [4.78, 5) is 12.5. The van der Waals surface area contributed by atoms with Crippen molar-refractivity contribution in [2.75, 3.05) is 0 Å². The van der Waals surface area contributed by atoms with Crippen molar-refractivity contribution in [2.45, 2.75) is 34.3 Å². The number of halogens is 2. The minimum atomic E-state index is -1.74. The zero-order chi connectivity index (χ0) is 19.8. The lowest BCUT2D eigenvalue weighted by atomic mass is 9.94. The molecule has 0 amide bonds. The van der Waals surface area contributed by atoms with Gasteiger partial charge in [-0.05, 0) is 53.2 Å². The quantitative estimate of drug-likeness (QED) is 0.598. The highest BCUT2D eigenvalue weighted by atomic mass is 19.3. The van der Waals surface area contributed by atoms with Crippen molar-refractivity contribution in [2.24, 2.45) is 17.3 Å². The molecule has 0 aliphatic heterocycles. The highest BCUT2D eigenvalue weighted by Gasteiger charge is 2.62. The van der Waals surface area contributed by atoms with Crippen LogP contribution in [0.3, 0.4) is 0 Å². The van der Waals surface area contributed by atoms with Gasteiger partial charge in [0, 0.05) is 5.92 Å². The maximum absolute atomic E-state index is 12.6. The number of ether oxygens (including phenoxy) is 1. The van der Waals surface area contributed by atoms with Gasteiger partial charge in [0.05, 0.1) is 5.92 Å². The molecule has 1 saturated carbocycles. The fraction of sp³-hybridized carbons (Fsp3) is 0.348. The summed E-state index contributed by atoms with van der Waals surface area (Å²) in [5.74, 6) is -1.39. The Labute approximate surface area is 158 Å². The number of allylic oxidation sites excluding steroid dienone is 1. The summed E-state index contributed by atoms with van der Waals surface area (Å²) < 4.78 is 30.7. The van der Waals surface area contributed by atoms with Gasteiger partial charge in [-0.2, -0.15) is 8.78 Å². The lowest BCUT2D eigenvalue weighted by Gasteiger charge is -2.15. The van der Waals surface area contributed by atoms with Crippen molar-refractivity contribution in [3.63, 3.8) is 0 Å². The number of esters is 1. The highest BCUT2D eigenvalue weighted by molar-refractivity contribution is 5.78. The third-order valence-corrected chi connectivity index (χ3v) is 5.75. The van der Waals surface area contributed by atoms with E-state index in [1.54, 1.807) is 0 Å². The summed E-state index contributed by atoms with van der Waals surface area (Å²) in [5.41, 5.74) is 4.79. The summed E-state index contributed by atoms with van der Waals surface area (Å²) in [6.45, 7) is 7.78. The Kier molecular flexibility index (Phi) is 5.18. The Bertz CT molecular complexity index is 881. The molecule has 0 radical (unpaired) electrons. The predicted octanol–water partition coefficient (Wildman–Crippen LogP) is 6.07. The first-order chi connectivity index (χ1) is 12.7. The zero-order valence-electron chi connectivity index (χ0n) is 16.1. The Morgan fingerprint density at radius 2 is 1.78 bits per heavy atom. The first-order valence-corrected chi connectivity index (χ1v) is 9.07. The molecule has 2 nitrogen and oxygen atoms in total. The van der Waals surface area contributed by atoms with Crippen molar-refractivity contribution < 1.29 is 18.3 Å². The molecule has 1 aliphatic carbocycles. The molecular weight excluding hydrogens is 346 g/mol. The van der Waals surface area contributed by atoms with Crippen LogP contribution >= 0.6 is 0 Å². The van der Waals surface area contributed by atoms with Crippen LogP contribution in [0.4, 0.5) is 8.78 Å². The van der Waals surface area contributed by atoms with Crippen LogP contribution in [0.5, 0.6) is 0 Å². The van der Waals surface area contributed by atoms with E-state index in [1.165, 1.54) is 0 Å². The van der Waals surface area contributed by atoms with Gasteiger partial charge in [0.15, 0.2) is 0 Å². The minimum absolute atomic E-state index is 0.151. The van der Waals surface area contributed by atoms with E-state index in [0.29, 0.717) is 0 Å². The number of benzene rings is 2. The van der Waals surface area contributed by atoms with Crippen LogP contribution in [0.15, 0.2) is 54.6 Å². The monoisotopic (exact) mass is 370 g/mol. The highest BCUT2D eigenvalue weighted by Crippen LogP contribution is 2.60. The van der Waals surface area contributed by atoms with E-state index in [0.717, 1.165) is 33.9 Å². The molecule has 1 fully saturated rings. The molecule has 0 saturated heterocycles. The molecule has 2 unspecified atom stereocenters. The molecule has 2 aromatic rings. The van der Waals surface area contributed by atoms with E-state index >= 15 is 0 Å². The average Bonchev–Trinajstić information content (AvgIpc) is 3.14. The Morgan fingerprint density at radius 1 is 1.11 bits per heavy atom. The topological polar surface area (TPSA) is 26.3 Å². The molecule has 0 bridgehead atoms. The van der Waals surface area contributed by atoms with Crippen molar-refractivity contribution in [1.82, 2.24) is 0 Å². The first kappa shape index (κ1) is 19.3. The maximum atomic E-state index is 12.6. The molecule has 2 aromatic carbocycles. The fourth-order valence-corrected chi connectivity index (χ4v) is 3.85. The average molecular weight is 370 g/mol. The van der Waals surface area contributed by atoms with Crippen molar-refractivity contribution in [3.05, 3.63) is 71.3 Å². The summed E-state index contributed by atoms with van der Waals surface area (Å²) in [6.07, 6.45) is -0.871. The van der Waals surface area contributed by atoms with E-state index in [4.69, 9.17) is 4.74 Å². The zero-order valence-corrected chi connectivity index (χ0v) is 16.1. The molecule has 3 rings (SSSR count). The molecule has 1 aliphatic rings. The molecule has 142 valence electrons. The van der Waals surface area contributed by atoms with Gasteiger partial charge < -0.3 is 4.74 Å². The largest absolute Gasteiger partial charge is 0.461 e. The second kappa shape index (κ2) is 7.26. The number of carbonyl (C=O) groups excluding carboxylic acids is 1. The third kappa shape index (κ3) is 3.80. The van der Waals surface area contributed by atoms with Crippen LogP contribution in [-0.4, -0.2) is 5.97 Å². The van der Waals surface area contributed by atoms with Crippen LogP contribution in [0, 0.1) is 31.1 Å². The summed E-state index contributed by atoms with van der Waals surface area (Å²) in [7, 11) is 0. The maximum Gasteiger partial charge on any atom is 0.310 e. The second-order valence-corrected chi connectivity index (χ2v) is 7.79. The van der Waals surface area contributed by atoms with Crippen molar-refractivity contribution in [3.8, 4) is 11.1 Å². The number of aryl methyl sites for hydroxylation is 1.